The number of rotatable bonds is 4. The fourth-order valence-corrected chi connectivity index (χ4v) is 1.72. The van der Waals surface area contributed by atoms with Crippen molar-refractivity contribution in [3.8, 4) is 0 Å². The third kappa shape index (κ3) is 2.93. The van der Waals surface area contributed by atoms with E-state index in [1.807, 2.05) is 12.1 Å². The zero-order valence-corrected chi connectivity index (χ0v) is 10.6. The molecule has 0 saturated heterocycles. The molecule has 1 N–H and O–H groups in total. The lowest BCUT2D eigenvalue weighted by molar-refractivity contribution is 0.458. The molecule has 0 amide bonds. The molecule has 0 aliphatic carbocycles. The summed E-state index contributed by atoms with van der Waals surface area (Å²) in [6.45, 7) is 2.82. The maximum absolute atomic E-state index is 5.16. The first-order valence-corrected chi connectivity index (χ1v) is 5.91. The summed E-state index contributed by atoms with van der Waals surface area (Å²) in [7, 11) is 0. The number of benzene rings is 1. The molecule has 1 aromatic heterocycles. The van der Waals surface area contributed by atoms with E-state index in [1.54, 1.807) is 6.20 Å². The maximum atomic E-state index is 5.16. The standard InChI is InChI=1S/C12H13BrN2O/c1-9(10-2-4-11(13)5-3-10)15-7-12-6-14-8-16-12/h2-6,8-9,15H,7H2,1H3. The second kappa shape index (κ2) is 5.27. The van der Waals surface area contributed by atoms with E-state index in [9.17, 15) is 0 Å². The average Bonchev–Trinajstić information content (AvgIpc) is 2.80. The molecule has 0 bridgehead atoms. The summed E-state index contributed by atoms with van der Waals surface area (Å²) in [6.07, 6.45) is 3.17. The van der Waals surface area contributed by atoms with E-state index in [4.69, 9.17) is 4.42 Å². The van der Waals surface area contributed by atoms with Crippen LogP contribution in [0.3, 0.4) is 0 Å². The Balaban J connectivity index is 1.93. The van der Waals surface area contributed by atoms with Gasteiger partial charge < -0.3 is 9.73 Å². The van der Waals surface area contributed by atoms with Crippen LogP contribution in [0.1, 0.15) is 24.3 Å². The van der Waals surface area contributed by atoms with E-state index in [1.165, 1.54) is 12.0 Å². The monoisotopic (exact) mass is 280 g/mol. The number of nitrogens with one attached hydrogen (secondary N) is 1. The van der Waals surface area contributed by atoms with E-state index < -0.39 is 0 Å². The quantitative estimate of drug-likeness (QED) is 0.934. The van der Waals surface area contributed by atoms with E-state index in [-0.39, 0.29) is 0 Å². The van der Waals surface area contributed by atoms with Crippen molar-refractivity contribution >= 4 is 15.9 Å². The minimum absolute atomic E-state index is 0.290. The third-order valence-electron chi connectivity index (χ3n) is 2.44. The van der Waals surface area contributed by atoms with Crippen LogP contribution in [0.4, 0.5) is 0 Å². The Labute approximate surface area is 103 Å². The number of aromatic nitrogens is 1. The molecule has 1 aromatic carbocycles. The fourth-order valence-electron chi connectivity index (χ4n) is 1.45. The summed E-state index contributed by atoms with van der Waals surface area (Å²) in [6, 6.07) is 8.58. The predicted octanol–water partition coefficient (Wildman–Crippen LogP) is 3.29. The maximum Gasteiger partial charge on any atom is 0.180 e. The molecule has 0 fully saturated rings. The highest BCUT2D eigenvalue weighted by Crippen LogP contribution is 2.16. The lowest BCUT2D eigenvalue weighted by atomic mass is 10.1. The third-order valence-corrected chi connectivity index (χ3v) is 2.96. The van der Waals surface area contributed by atoms with Gasteiger partial charge in [0.15, 0.2) is 6.39 Å². The molecule has 0 saturated carbocycles. The lowest BCUT2D eigenvalue weighted by Crippen LogP contribution is -2.17. The minimum atomic E-state index is 0.290. The molecule has 1 heterocycles. The number of hydrogen-bond acceptors (Lipinski definition) is 3. The molecule has 0 aliphatic rings. The van der Waals surface area contributed by atoms with Crippen molar-refractivity contribution in [2.75, 3.05) is 0 Å². The van der Waals surface area contributed by atoms with Crippen LogP contribution >= 0.6 is 15.9 Å². The van der Waals surface area contributed by atoms with Gasteiger partial charge in [0.25, 0.3) is 0 Å². The first kappa shape index (κ1) is 11.4. The van der Waals surface area contributed by atoms with Gasteiger partial charge in [-0.15, -0.1) is 0 Å². The van der Waals surface area contributed by atoms with Crippen LogP contribution in [-0.2, 0) is 6.54 Å². The van der Waals surface area contributed by atoms with Crippen LogP contribution in [0.5, 0.6) is 0 Å². The number of hydrogen-bond donors (Lipinski definition) is 1. The summed E-state index contributed by atoms with van der Waals surface area (Å²) in [5.41, 5.74) is 1.25. The van der Waals surface area contributed by atoms with Crippen molar-refractivity contribution in [3.05, 3.63) is 52.7 Å². The second-order valence-corrected chi connectivity index (χ2v) is 4.54. The average molecular weight is 281 g/mol. The van der Waals surface area contributed by atoms with Crippen LogP contribution in [0.15, 0.2) is 45.7 Å². The van der Waals surface area contributed by atoms with E-state index in [0.29, 0.717) is 12.6 Å². The van der Waals surface area contributed by atoms with Gasteiger partial charge in [-0.3, -0.25) is 0 Å². The fraction of sp³-hybridized carbons (Fsp3) is 0.250. The van der Waals surface area contributed by atoms with Gasteiger partial charge in [-0.2, -0.15) is 0 Å². The van der Waals surface area contributed by atoms with Gasteiger partial charge in [-0.1, -0.05) is 28.1 Å². The Hall–Kier alpha value is -1.13. The van der Waals surface area contributed by atoms with Gasteiger partial charge in [0, 0.05) is 10.5 Å². The second-order valence-electron chi connectivity index (χ2n) is 3.62. The van der Waals surface area contributed by atoms with Crippen molar-refractivity contribution in [1.82, 2.24) is 10.3 Å². The Morgan fingerprint density at radius 1 is 1.38 bits per heavy atom. The van der Waals surface area contributed by atoms with Crippen LogP contribution in [0.2, 0.25) is 0 Å². The number of halogens is 1. The van der Waals surface area contributed by atoms with Crippen molar-refractivity contribution in [1.29, 1.82) is 0 Å². The molecule has 84 valence electrons. The summed E-state index contributed by atoms with van der Waals surface area (Å²) < 4.78 is 6.25. The Kier molecular flexibility index (Phi) is 3.74. The summed E-state index contributed by atoms with van der Waals surface area (Å²) >= 11 is 3.42. The number of nitrogens with zero attached hydrogens (tertiary/aromatic N) is 1. The SMILES string of the molecule is CC(NCc1cnco1)c1ccc(Br)cc1. The van der Waals surface area contributed by atoms with Gasteiger partial charge >= 0.3 is 0 Å². The topological polar surface area (TPSA) is 38.1 Å². The normalized spacial score (nSPS) is 12.6. The molecular weight excluding hydrogens is 268 g/mol. The molecule has 0 aliphatic heterocycles. The van der Waals surface area contributed by atoms with Crippen LogP contribution in [0, 0.1) is 0 Å². The Morgan fingerprint density at radius 2 is 2.12 bits per heavy atom. The molecule has 1 unspecified atom stereocenters. The Morgan fingerprint density at radius 3 is 2.75 bits per heavy atom. The zero-order chi connectivity index (χ0) is 11.4. The van der Waals surface area contributed by atoms with Crippen LogP contribution in [-0.4, -0.2) is 4.98 Å². The molecule has 2 rings (SSSR count). The summed E-state index contributed by atoms with van der Waals surface area (Å²) in [4.78, 5) is 3.87. The van der Waals surface area contributed by atoms with Crippen molar-refractivity contribution in [3.63, 3.8) is 0 Å². The van der Waals surface area contributed by atoms with Crippen LogP contribution in [0.25, 0.3) is 0 Å². The molecule has 3 nitrogen and oxygen atoms in total. The lowest BCUT2D eigenvalue weighted by Gasteiger charge is -2.13. The summed E-state index contributed by atoms with van der Waals surface area (Å²) in [5.74, 6) is 0.851. The highest BCUT2D eigenvalue weighted by atomic mass is 79.9. The van der Waals surface area contributed by atoms with Crippen LogP contribution < -0.4 is 5.32 Å². The van der Waals surface area contributed by atoms with E-state index in [0.717, 1.165) is 10.2 Å². The molecule has 1 atom stereocenters. The van der Waals surface area contributed by atoms with Gasteiger partial charge in [0.05, 0.1) is 12.7 Å². The summed E-state index contributed by atoms with van der Waals surface area (Å²) in [5, 5.41) is 3.37. The van der Waals surface area contributed by atoms with Gasteiger partial charge in [0.1, 0.15) is 5.76 Å². The highest BCUT2D eigenvalue weighted by Gasteiger charge is 2.05. The minimum Gasteiger partial charge on any atom is -0.447 e. The van der Waals surface area contributed by atoms with E-state index in [2.05, 4.69) is 45.3 Å². The molecule has 0 spiro atoms. The molecule has 2 aromatic rings. The first-order chi connectivity index (χ1) is 7.75. The van der Waals surface area contributed by atoms with Gasteiger partial charge in [-0.25, -0.2) is 4.98 Å². The first-order valence-electron chi connectivity index (χ1n) is 5.12. The molecule has 0 radical (unpaired) electrons. The molecule has 4 heteroatoms. The molecular formula is C12H13BrN2O. The Bertz CT molecular complexity index is 425. The van der Waals surface area contributed by atoms with Crippen molar-refractivity contribution in [2.45, 2.75) is 19.5 Å². The van der Waals surface area contributed by atoms with Gasteiger partial charge in [-0.05, 0) is 24.6 Å². The number of oxazole rings is 1. The highest BCUT2D eigenvalue weighted by molar-refractivity contribution is 9.10. The van der Waals surface area contributed by atoms with Crippen molar-refractivity contribution < 1.29 is 4.42 Å². The zero-order valence-electron chi connectivity index (χ0n) is 8.98. The predicted molar refractivity (Wildman–Crippen MR) is 65.9 cm³/mol. The smallest absolute Gasteiger partial charge is 0.180 e. The molecule has 16 heavy (non-hydrogen) atoms. The van der Waals surface area contributed by atoms with Gasteiger partial charge in [0.2, 0.25) is 0 Å². The van der Waals surface area contributed by atoms with E-state index >= 15 is 0 Å². The largest absolute Gasteiger partial charge is 0.447 e. The van der Waals surface area contributed by atoms with Crippen molar-refractivity contribution in [2.24, 2.45) is 0 Å².